The summed E-state index contributed by atoms with van der Waals surface area (Å²) in [6.07, 6.45) is -1.90. The van der Waals surface area contributed by atoms with E-state index < -0.39 is 42.9 Å². The van der Waals surface area contributed by atoms with Crippen LogP contribution < -0.4 is 20.7 Å². The van der Waals surface area contributed by atoms with Crippen molar-refractivity contribution < 1.29 is 37.7 Å². The number of aliphatic hydroxyl groups excluding tert-OH is 2. The van der Waals surface area contributed by atoms with E-state index in [4.69, 9.17) is 9.84 Å². The Morgan fingerprint density at radius 3 is 2.86 bits per heavy atom. The second-order valence-electron chi connectivity index (χ2n) is 8.68. The monoisotopic (exact) mass is 512 g/mol. The Morgan fingerprint density at radius 2 is 2.14 bits per heavy atom. The third-order valence-corrected chi connectivity index (χ3v) is 6.04. The zero-order valence-corrected chi connectivity index (χ0v) is 19.3. The van der Waals surface area contributed by atoms with E-state index in [9.17, 15) is 27.9 Å². The molecule has 1 saturated heterocycles. The van der Waals surface area contributed by atoms with Gasteiger partial charge in [-0.05, 0) is 25.5 Å². The van der Waals surface area contributed by atoms with Gasteiger partial charge >= 0.3 is 12.2 Å². The van der Waals surface area contributed by atoms with Crippen LogP contribution in [0.3, 0.4) is 0 Å². The summed E-state index contributed by atoms with van der Waals surface area (Å²) in [4.78, 5) is 33.5. The fourth-order valence-corrected chi connectivity index (χ4v) is 4.11. The van der Waals surface area contributed by atoms with E-state index in [0.29, 0.717) is 31.0 Å². The molecule has 0 aromatic carbocycles. The smallest absolute Gasteiger partial charge is 0.408 e. The van der Waals surface area contributed by atoms with Gasteiger partial charge in [-0.15, -0.1) is 0 Å². The minimum atomic E-state index is -4.58. The van der Waals surface area contributed by atoms with Gasteiger partial charge in [0.25, 0.3) is 0 Å². The van der Waals surface area contributed by atoms with Gasteiger partial charge in [0.15, 0.2) is 0 Å². The molecule has 1 aromatic heterocycles. The molecule has 3 aliphatic heterocycles. The predicted molar refractivity (Wildman–Crippen MR) is 120 cm³/mol. The van der Waals surface area contributed by atoms with Crippen molar-refractivity contribution in [1.82, 2.24) is 25.4 Å². The van der Waals surface area contributed by atoms with Crippen LogP contribution in [0.5, 0.6) is 5.88 Å². The summed E-state index contributed by atoms with van der Waals surface area (Å²) < 4.78 is 44.0. The van der Waals surface area contributed by atoms with E-state index in [0.717, 1.165) is 6.92 Å². The SMILES string of the molecule is C[C@@H](NC(=O)C1C=CC2=C(N1)N(C(=O)Nc1cccc(OC[C@H](O)CO)n1)[C@H]1CCN2C1)C(F)(F)F. The number of aromatic nitrogens is 1. The molecule has 0 aliphatic carbocycles. The number of nitrogens with one attached hydrogen (secondary N) is 3. The molecule has 0 radical (unpaired) electrons. The van der Waals surface area contributed by atoms with Crippen LogP contribution in [0.4, 0.5) is 23.8 Å². The Morgan fingerprint density at radius 1 is 1.36 bits per heavy atom. The number of nitrogens with zero attached hydrogens (tertiary/aromatic N) is 3. The van der Waals surface area contributed by atoms with Crippen molar-refractivity contribution in [3.63, 3.8) is 0 Å². The van der Waals surface area contributed by atoms with Crippen molar-refractivity contribution in [3.05, 3.63) is 41.9 Å². The van der Waals surface area contributed by atoms with Crippen LogP contribution in [0.1, 0.15) is 13.3 Å². The molecule has 2 bridgehead atoms. The van der Waals surface area contributed by atoms with Gasteiger partial charge in [-0.25, -0.2) is 4.79 Å². The number of pyridine rings is 1. The summed E-state index contributed by atoms with van der Waals surface area (Å²) in [5.74, 6) is -0.257. The lowest BCUT2D eigenvalue weighted by atomic mass is 10.1. The summed E-state index contributed by atoms with van der Waals surface area (Å²) in [5, 5.41) is 25.9. The lowest BCUT2D eigenvalue weighted by molar-refractivity contribution is -0.158. The van der Waals surface area contributed by atoms with Gasteiger partial charge in [0.05, 0.1) is 18.3 Å². The largest absolute Gasteiger partial charge is 0.475 e. The normalized spacial score (nSPS) is 22.5. The number of anilines is 1. The Balaban J connectivity index is 1.48. The average Bonchev–Trinajstić information content (AvgIpc) is 3.25. The molecule has 196 valence electrons. The number of amides is 3. The summed E-state index contributed by atoms with van der Waals surface area (Å²) >= 11 is 0. The van der Waals surface area contributed by atoms with Crippen LogP contribution in [0, 0.1) is 0 Å². The molecular formula is C22H27F3N6O5. The predicted octanol–water partition coefficient (Wildman–Crippen LogP) is 0.499. The molecule has 11 nitrogen and oxygen atoms in total. The van der Waals surface area contributed by atoms with Crippen LogP contribution in [-0.2, 0) is 4.79 Å². The molecule has 0 saturated carbocycles. The maximum Gasteiger partial charge on any atom is 0.408 e. The first kappa shape index (κ1) is 25.6. The zero-order valence-electron chi connectivity index (χ0n) is 19.3. The van der Waals surface area contributed by atoms with E-state index in [1.165, 1.54) is 23.1 Å². The fourth-order valence-electron chi connectivity index (χ4n) is 4.11. The summed E-state index contributed by atoms with van der Waals surface area (Å²) in [6.45, 7) is 1.44. The van der Waals surface area contributed by atoms with Crippen LogP contribution in [0.2, 0.25) is 0 Å². The van der Waals surface area contributed by atoms with E-state index in [-0.39, 0.29) is 24.3 Å². The van der Waals surface area contributed by atoms with Crippen LogP contribution in [0.25, 0.3) is 0 Å². The van der Waals surface area contributed by atoms with E-state index in [2.05, 4.69) is 15.6 Å². The first-order chi connectivity index (χ1) is 17.1. The number of alkyl halides is 3. The number of carbonyl (C=O) groups is 2. The van der Waals surface area contributed by atoms with Crippen LogP contribution in [0.15, 0.2) is 41.9 Å². The highest BCUT2D eigenvalue weighted by molar-refractivity contribution is 5.91. The van der Waals surface area contributed by atoms with E-state index in [1.807, 2.05) is 10.2 Å². The van der Waals surface area contributed by atoms with Crippen molar-refractivity contribution in [2.45, 2.75) is 43.8 Å². The first-order valence-corrected chi connectivity index (χ1v) is 11.4. The second-order valence-corrected chi connectivity index (χ2v) is 8.68. The number of hydrogen-bond donors (Lipinski definition) is 5. The topological polar surface area (TPSA) is 139 Å². The Bertz CT molecular complexity index is 1060. The van der Waals surface area contributed by atoms with Gasteiger partial charge in [0, 0.05) is 19.2 Å². The number of fused-ring (bicyclic) bond motifs is 3. The number of dihydropyridines is 1. The van der Waals surface area contributed by atoms with Gasteiger partial charge < -0.3 is 30.5 Å². The highest BCUT2D eigenvalue weighted by atomic mass is 19.4. The number of rotatable bonds is 7. The Kier molecular flexibility index (Phi) is 7.26. The molecule has 3 aliphatic rings. The first-order valence-electron chi connectivity index (χ1n) is 11.4. The van der Waals surface area contributed by atoms with Crippen molar-refractivity contribution in [3.8, 4) is 5.88 Å². The van der Waals surface area contributed by atoms with Gasteiger partial charge in [0.2, 0.25) is 11.8 Å². The number of ether oxygens (including phenoxy) is 1. The van der Waals surface area contributed by atoms with Crippen LogP contribution in [-0.4, -0.2) is 93.6 Å². The van der Waals surface area contributed by atoms with Crippen molar-refractivity contribution in [2.24, 2.45) is 0 Å². The van der Waals surface area contributed by atoms with Crippen LogP contribution >= 0.6 is 0 Å². The van der Waals surface area contributed by atoms with Gasteiger partial charge in [-0.2, -0.15) is 18.2 Å². The maximum atomic E-state index is 13.3. The lowest BCUT2D eigenvalue weighted by Gasteiger charge is -2.41. The number of hydrogen-bond acceptors (Lipinski definition) is 8. The summed E-state index contributed by atoms with van der Waals surface area (Å²) in [6, 6.07) is 0.756. The minimum absolute atomic E-state index is 0.125. The number of allylic oxidation sites excluding steroid dienone is 1. The molecular weight excluding hydrogens is 485 g/mol. The van der Waals surface area contributed by atoms with Gasteiger partial charge in [-0.1, -0.05) is 12.1 Å². The molecule has 0 spiro atoms. The minimum Gasteiger partial charge on any atom is -0.475 e. The number of carbonyl (C=O) groups excluding carboxylic acids is 2. The molecule has 4 atom stereocenters. The highest BCUT2D eigenvalue weighted by Gasteiger charge is 2.43. The molecule has 4 rings (SSSR count). The average molecular weight is 512 g/mol. The number of halogens is 3. The Labute approximate surface area is 204 Å². The molecule has 4 heterocycles. The van der Waals surface area contributed by atoms with E-state index >= 15 is 0 Å². The molecule has 1 unspecified atom stereocenters. The second kappa shape index (κ2) is 10.2. The van der Waals surface area contributed by atoms with Crippen molar-refractivity contribution in [1.29, 1.82) is 0 Å². The maximum absolute atomic E-state index is 13.3. The third kappa shape index (κ3) is 5.49. The van der Waals surface area contributed by atoms with Crippen molar-refractivity contribution >= 4 is 17.8 Å². The summed E-state index contributed by atoms with van der Waals surface area (Å²) in [7, 11) is 0. The standard InChI is InChI=1S/C22H27F3N6O5/c1-12(22(23,24)25)26-20(34)15-5-6-16-19(27-15)31(13-7-8-30(16)9-13)21(35)29-17-3-2-4-18(28-17)36-11-14(33)10-32/h2-6,12-15,27,32-33H,7-11H2,1H3,(H,26,34)(H,28,29,35)/t12-,13+,14-,15?/m1/s1. The molecule has 5 N–H and O–H groups in total. The molecule has 36 heavy (non-hydrogen) atoms. The Hall–Kier alpha value is -3.52. The van der Waals surface area contributed by atoms with E-state index in [1.54, 1.807) is 12.1 Å². The number of urea groups is 1. The highest BCUT2D eigenvalue weighted by Crippen LogP contribution is 2.33. The molecule has 1 fully saturated rings. The zero-order chi connectivity index (χ0) is 26.0. The molecule has 1 aromatic rings. The van der Waals surface area contributed by atoms with Crippen molar-refractivity contribution in [2.75, 3.05) is 31.6 Å². The molecule has 14 heteroatoms. The lowest BCUT2D eigenvalue weighted by Crippen LogP contribution is -2.57. The fraction of sp³-hybridized carbons (Fsp3) is 0.500. The third-order valence-electron chi connectivity index (χ3n) is 6.04. The number of aliphatic hydroxyl groups is 2. The quantitative estimate of drug-likeness (QED) is 0.356. The van der Waals surface area contributed by atoms with Gasteiger partial charge in [-0.3, -0.25) is 15.0 Å². The molecule has 3 amide bonds. The summed E-state index contributed by atoms with van der Waals surface area (Å²) in [5.41, 5.74) is 0.662. The van der Waals surface area contributed by atoms with Gasteiger partial charge in [0.1, 0.15) is 36.4 Å².